The molecule has 104 valence electrons. The van der Waals surface area contributed by atoms with E-state index in [1.54, 1.807) is 0 Å². The molecule has 1 N–H and O–H groups in total. The summed E-state index contributed by atoms with van der Waals surface area (Å²) in [4.78, 5) is 0. The Bertz CT molecular complexity index is 423. The molecular formula is C16H22ClNS. The number of hydrogen-bond acceptors (Lipinski definition) is 2. The summed E-state index contributed by atoms with van der Waals surface area (Å²) in [5.74, 6) is 4.06. The average Bonchev–Trinajstić information content (AvgIpc) is 2.94. The van der Waals surface area contributed by atoms with Crippen molar-refractivity contribution in [2.75, 3.05) is 24.6 Å². The third-order valence-electron chi connectivity index (χ3n) is 4.42. The van der Waals surface area contributed by atoms with Gasteiger partial charge in [0.15, 0.2) is 0 Å². The number of thioether (sulfide) groups is 1. The van der Waals surface area contributed by atoms with E-state index in [4.69, 9.17) is 11.6 Å². The van der Waals surface area contributed by atoms with E-state index in [9.17, 15) is 0 Å². The first-order valence-electron chi connectivity index (χ1n) is 7.39. The molecule has 0 radical (unpaired) electrons. The van der Waals surface area contributed by atoms with Gasteiger partial charge < -0.3 is 5.32 Å². The Morgan fingerprint density at radius 3 is 2.74 bits per heavy atom. The Morgan fingerprint density at radius 2 is 2.05 bits per heavy atom. The Kier molecular flexibility index (Phi) is 4.73. The van der Waals surface area contributed by atoms with E-state index in [1.807, 2.05) is 0 Å². The van der Waals surface area contributed by atoms with E-state index in [2.05, 4.69) is 35.3 Å². The maximum Gasteiger partial charge on any atom is 0.0443 e. The van der Waals surface area contributed by atoms with Crippen molar-refractivity contribution in [3.8, 4) is 0 Å². The smallest absolute Gasteiger partial charge is 0.0443 e. The molecule has 0 spiro atoms. The Morgan fingerprint density at radius 1 is 1.21 bits per heavy atom. The van der Waals surface area contributed by atoms with Crippen LogP contribution in [0, 0.1) is 5.92 Å². The van der Waals surface area contributed by atoms with Gasteiger partial charge in [0.2, 0.25) is 0 Å². The lowest BCUT2D eigenvalue weighted by molar-refractivity contribution is 0.372. The molecule has 1 nitrogen and oxygen atoms in total. The number of rotatable bonds is 3. The van der Waals surface area contributed by atoms with Gasteiger partial charge in [0.25, 0.3) is 0 Å². The lowest BCUT2D eigenvalue weighted by Gasteiger charge is -2.23. The number of halogens is 1. The third kappa shape index (κ3) is 3.48. The molecule has 0 aromatic heterocycles. The van der Waals surface area contributed by atoms with E-state index in [0.29, 0.717) is 5.92 Å². The van der Waals surface area contributed by atoms with Gasteiger partial charge in [-0.3, -0.25) is 0 Å². The van der Waals surface area contributed by atoms with Crippen LogP contribution < -0.4 is 5.32 Å². The van der Waals surface area contributed by atoms with Crippen LogP contribution in [-0.2, 0) is 6.42 Å². The van der Waals surface area contributed by atoms with Crippen molar-refractivity contribution in [2.45, 2.75) is 31.6 Å². The largest absolute Gasteiger partial charge is 0.317 e. The molecule has 1 aromatic rings. The zero-order chi connectivity index (χ0) is 13.1. The molecule has 2 aliphatic heterocycles. The highest BCUT2D eigenvalue weighted by atomic mass is 35.5. The lowest BCUT2D eigenvalue weighted by Crippen LogP contribution is -2.28. The van der Waals surface area contributed by atoms with Crippen molar-refractivity contribution in [1.29, 1.82) is 0 Å². The van der Waals surface area contributed by atoms with Gasteiger partial charge in [-0.2, -0.15) is 11.8 Å². The van der Waals surface area contributed by atoms with Crippen molar-refractivity contribution >= 4 is 23.4 Å². The molecule has 2 fully saturated rings. The fourth-order valence-corrected chi connectivity index (χ4v) is 4.83. The molecule has 2 saturated heterocycles. The molecule has 19 heavy (non-hydrogen) atoms. The number of nitrogens with one attached hydrogen (secondary N) is 1. The van der Waals surface area contributed by atoms with Gasteiger partial charge in [0, 0.05) is 10.8 Å². The van der Waals surface area contributed by atoms with Crippen molar-refractivity contribution < 1.29 is 0 Å². The second-order valence-corrected chi connectivity index (χ2v) is 7.37. The summed E-state index contributed by atoms with van der Waals surface area (Å²) in [7, 11) is 0. The van der Waals surface area contributed by atoms with Crippen LogP contribution in [0.15, 0.2) is 18.2 Å². The summed E-state index contributed by atoms with van der Waals surface area (Å²) < 4.78 is 0. The van der Waals surface area contributed by atoms with E-state index in [0.717, 1.165) is 10.9 Å². The first-order chi connectivity index (χ1) is 9.33. The molecule has 0 amide bonds. The molecular weight excluding hydrogens is 274 g/mol. The van der Waals surface area contributed by atoms with E-state index in [-0.39, 0.29) is 0 Å². The molecule has 2 heterocycles. The topological polar surface area (TPSA) is 12.0 Å². The molecule has 1 unspecified atom stereocenters. The predicted molar refractivity (Wildman–Crippen MR) is 85.4 cm³/mol. The Labute approximate surface area is 125 Å². The van der Waals surface area contributed by atoms with Crippen LogP contribution in [0.2, 0.25) is 5.02 Å². The zero-order valence-electron chi connectivity index (χ0n) is 11.3. The second-order valence-electron chi connectivity index (χ2n) is 5.81. The highest BCUT2D eigenvalue weighted by Crippen LogP contribution is 2.36. The molecule has 0 saturated carbocycles. The first-order valence-corrected chi connectivity index (χ1v) is 8.93. The maximum absolute atomic E-state index is 6.51. The number of hydrogen-bond donors (Lipinski definition) is 1. The first kappa shape index (κ1) is 13.8. The summed E-state index contributed by atoms with van der Waals surface area (Å²) in [5.41, 5.74) is 2.80. The summed E-state index contributed by atoms with van der Waals surface area (Å²) in [6.07, 6.45) is 5.09. The standard InChI is InChI=1S/C16H22ClNS/c17-16-10-13(9-12-3-6-18-7-4-12)1-2-15(16)14-5-8-19-11-14/h1-2,10,12,14,18H,3-9,11H2. The van der Waals surface area contributed by atoms with Gasteiger partial charge >= 0.3 is 0 Å². The fourth-order valence-electron chi connectivity index (χ4n) is 3.23. The molecule has 1 aromatic carbocycles. The third-order valence-corrected chi connectivity index (χ3v) is 5.91. The highest BCUT2D eigenvalue weighted by Gasteiger charge is 2.20. The summed E-state index contributed by atoms with van der Waals surface area (Å²) in [5, 5.41) is 4.43. The predicted octanol–water partition coefficient (Wildman–Crippen LogP) is 4.10. The minimum absolute atomic E-state index is 0.686. The van der Waals surface area contributed by atoms with Crippen LogP contribution in [0.1, 0.15) is 36.3 Å². The summed E-state index contributed by atoms with van der Waals surface area (Å²) in [6, 6.07) is 6.82. The van der Waals surface area contributed by atoms with Crippen molar-refractivity contribution in [2.24, 2.45) is 5.92 Å². The molecule has 0 bridgehead atoms. The number of piperidine rings is 1. The molecule has 3 heteroatoms. The van der Waals surface area contributed by atoms with Crippen LogP contribution in [0.4, 0.5) is 0 Å². The van der Waals surface area contributed by atoms with Gasteiger partial charge in [-0.05, 0) is 73.6 Å². The van der Waals surface area contributed by atoms with Gasteiger partial charge in [-0.25, -0.2) is 0 Å². The van der Waals surface area contributed by atoms with Crippen LogP contribution in [0.25, 0.3) is 0 Å². The summed E-state index contributed by atoms with van der Waals surface area (Å²) >= 11 is 8.56. The lowest BCUT2D eigenvalue weighted by atomic mass is 9.89. The normalized spacial score (nSPS) is 24.8. The summed E-state index contributed by atoms with van der Waals surface area (Å²) in [6.45, 7) is 2.35. The van der Waals surface area contributed by atoms with E-state index >= 15 is 0 Å². The minimum atomic E-state index is 0.686. The monoisotopic (exact) mass is 295 g/mol. The Hall–Kier alpha value is -0.180. The van der Waals surface area contributed by atoms with Gasteiger partial charge in [-0.1, -0.05) is 23.7 Å². The zero-order valence-corrected chi connectivity index (χ0v) is 12.9. The van der Waals surface area contributed by atoms with Gasteiger partial charge in [0.05, 0.1) is 0 Å². The van der Waals surface area contributed by atoms with E-state index < -0.39 is 0 Å². The maximum atomic E-state index is 6.51. The van der Waals surface area contributed by atoms with Crippen molar-refractivity contribution in [1.82, 2.24) is 5.32 Å². The molecule has 2 aliphatic rings. The average molecular weight is 296 g/mol. The van der Waals surface area contributed by atoms with Gasteiger partial charge in [0.1, 0.15) is 0 Å². The van der Waals surface area contributed by atoms with E-state index in [1.165, 1.54) is 61.4 Å². The molecule has 0 aliphatic carbocycles. The number of benzene rings is 1. The Balaban J connectivity index is 1.67. The fraction of sp³-hybridized carbons (Fsp3) is 0.625. The van der Waals surface area contributed by atoms with Gasteiger partial charge in [-0.15, -0.1) is 0 Å². The highest BCUT2D eigenvalue weighted by molar-refractivity contribution is 7.99. The van der Waals surface area contributed by atoms with Crippen LogP contribution in [0.5, 0.6) is 0 Å². The minimum Gasteiger partial charge on any atom is -0.317 e. The molecule has 1 atom stereocenters. The quantitative estimate of drug-likeness (QED) is 0.901. The van der Waals surface area contributed by atoms with Crippen molar-refractivity contribution in [3.63, 3.8) is 0 Å². The van der Waals surface area contributed by atoms with Crippen LogP contribution in [0.3, 0.4) is 0 Å². The second kappa shape index (κ2) is 6.51. The van der Waals surface area contributed by atoms with Crippen LogP contribution in [-0.4, -0.2) is 24.6 Å². The van der Waals surface area contributed by atoms with Crippen LogP contribution >= 0.6 is 23.4 Å². The SMILES string of the molecule is Clc1cc(CC2CCNCC2)ccc1C1CCSC1. The van der Waals surface area contributed by atoms with Crippen molar-refractivity contribution in [3.05, 3.63) is 34.3 Å². The molecule has 3 rings (SSSR count).